The van der Waals surface area contributed by atoms with Crippen molar-refractivity contribution in [3.63, 3.8) is 0 Å². The number of nitrogen functional groups attached to an aromatic ring is 2. The van der Waals surface area contributed by atoms with Crippen molar-refractivity contribution in [1.29, 1.82) is 0 Å². The Bertz CT molecular complexity index is 950. The average molecular weight is 430 g/mol. The number of amides is 1. The molecular weight excluding hydrogens is 406 g/mol. The van der Waals surface area contributed by atoms with Crippen molar-refractivity contribution < 1.29 is 9.59 Å². The minimum atomic E-state index is -0.569. The molecule has 1 aromatic heterocycles. The van der Waals surface area contributed by atoms with Crippen LogP contribution < -0.4 is 22.1 Å². The van der Waals surface area contributed by atoms with E-state index >= 15 is 0 Å². The molecule has 10 heteroatoms. The van der Waals surface area contributed by atoms with Gasteiger partial charge in [0.15, 0.2) is 28.4 Å². The molecule has 0 aliphatic carbocycles. The first kappa shape index (κ1) is 21.5. The molecule has 0 unspecified atom stereocenters. The zero-order valence-electron chi connectivity index (χ0n) is 16.4. The Balaban J connectivity index is 1.37. The van der Waals surface area contributed by atoms with E-state index in [9.17, 15) is 9.59 Å². The lowest BCUT2D eigenvalue weighted by Gasteiger charge is -2.12. The van der Waals surface area contributed by atoms with Crippen LogP contribution in [0.15, 0.2) is 35.3 Å². The zero-order valence-corrected chi connectivity index (χ0v) is 17.2. The van der Waals surface area contributed by atoms with Crippen molar-refractivity contribution in [3.05, 3.63) is 46.7 Å². The summed E-state index contributed by atoms with van der Waals surface area (Å²) < 4.78 is 0. The van der Waals surface area contributed by atoms with Gasteiger partial charge in [-0.25, -0.2) is 9.97 Å². The molecule has 1 atom stereocenters. The standard InChI is InChI=1S/C20H24ClN7O2/c21-16-18(23)27-17(22)15(26-16)19(30)28-20-24-11-13(25-20)8-4-5-9-14(29)10-12-6-2-1-3-7-12/h1-3,6-7,13H,4-5,8-11H2,(H4,22,23,27)(H2,24,25,28,30)/t13-/m1/s1. The summed E-state index contributed by atoms with van der Waals surface area (Å²) in [6, 6.07) is 9.84. The van der Waals surface area contributed by atoms with Crippen molar-refractivity contribution in [2.24, 2.45) is 4.99 Å². The Kier molecular flexibility index (Phi) is 7.18. The van der Waals surface area contributed by atoms with Crippen LogP contribution in [0.1, 0.15) is 41.7 Å². The lowest BCUT2D eigenvalue weighted by Crippen LogP contribution is -2.42. The highest BCUT2D eigenvalue weighted by molar-refractivity contribution is 6.31. The number of hydrogen-bond donors (Lipinski definition) is 4. The number of unbranched alkanes of at least 4 members (excludes halogenated alkanes) is 1. The molecular formula is C20H24ClN7O2. The Labute approximate surface area is 179 Å². The van der Waals surface area contributed by atoms with Crippen molar-refractivity contribution in [2.75, 3.05) is 18.0 Å². The van der Waals surface area contributed by atoms with Crippen LogP contribution >= 0.6 is 11.6 Å². The summed E-state index contributed by atoms with van der Waals surface area (Å²) in [7, 11) is 0. The second kappa shape index (κ2) is 10.0. The Hall–Kier alpha value is -3.20. The Morgan fingerprint density at radius 3 is 2.67 bits per heavy atom. The summed E-state index contributed by atoms with van der Waals surface area (Å²) in [6.45, 7) is 0.539. The zero-order chi connectivity index (χ0) is 21.5. The molecule has 2 aromatic rings. The minimum Gasteiger partial charge on any atom is -0.382 e. The number of aliphatic imine (C=N–C) groups is 1. The molecule has 0 fully saturated rings. The molecule has 1 aliphatic heterocycles. The van der Waals surface area contributed by atoms with E-state index in [0.29, 0.717) is 25.3 Å². The minimum absolute atomic E-state index is 0.0376. The summed E-state index contributed by atoms with van der Waals surface area (Å²) in [5, 5.41) is 5.68. The molecule has 6 N–H and O–H groups in total. The van der Waals surface area contributed by atoms with Gasteiger partial charge in [0.25, 0.3) is 5.91 Å². The topological polar surface area (TPSA) is 148 Å². The summed E-state index contributed by atoms with van der Waals surface area (Å²) in [4.78, 5) is 36.3. The van der Waals surface area contributed by atoms with Crippen LogP contribution in [0.25, 0.3) is 0 Å². The normalized spacial score (nSPS) is 15.4. The number of anilines is 2. The van der Waals surface area contributed by atoms with E-state index in [1.807, 2.05) is 30.3 Å². The van der Waals surface area contributed by atoms with Gasteiger partial charge in [0, 0.05) is 18.9 Å². The number of nitrogens with zero attached hydrogens (tertiary/aromatic N) is 3. The summed E-state index contributed by atoms with van der Waals surface area (Å²) in [6.07, 6.45) is 3.59. The van der Waals surface area contributed by atoms with Gasteiger partial charge >= 0.3 is 0 Å². The van der Waals surface area contributed by atoms with E-state index in [-0.39, 0.29) is 34.3 Å². The molecule has 158 valence electrons. The predicted octanol–water partition coefficient (Wildman–Crippen LogP) is 1.72. The van der Waals surface area contributed by atoms with Gasteiger partial charge in [0.05, 0.1) is 6.54 Å². The van der Waals surface area contributed by atoms with Crippen LogP contribution in [0.2, 0.25) is 5.15 Å². The van der Waals surface area contributed by atoms with Crippen LogP contribution in [-0.4, -0.2) is 40.2 Å². The van der Waals surface area contributed by atoms with Crippen molar-refractivity contribution >= 4 is 40.9 Å². The van der Waals surface area contributed by atoms with Crippen LogP contribution in [0.5, 0.6) is 0 Å². The summed E-state index contributed by atoms with van der Waals surface area (Å²) in [5.41, 5.74) is 12.1. The number of Topliss-reactive ketones (excluding diaryl/α,β-unsaturated/α-hetero) is 1. The van der Waals surface area contributed by atoms with E-state index in [4.69, 9.17) is 23.1 Å². The summed E-state index contributed by atoms with van der Waals surface area (Å²) in [5.74, 6) is -0.126. The smallest absolute Gasteiger partial charge is 0.280 e. The lowest BCUT2D eigenvalue weighted by molar-refractivity contribution is -0.118. The number of nitrogens with one attached hydrogen (secondary N) is 2. The third-order valence-electron chi connectivity index (χ3n) is 4.66. The Morgan fingerprint density at radius 2 is 1.90 bits per heavy atom. The molecule has 0 radical (unpaired) electrons. The fraction of sp³-hybridized carbons (Fsp3) is 0.350. The number of rotatable bonds is 8. The van der Waals surface area contributed by atoms with Crippen molar-refractivity contribution in [1.82, 2.24) is 20.6 Å². The lowest BCUT2D eigenvalue weighted by atomic mass is 10.0. The molecule has 0 saturated heterocycles. The third kappa shape index (κ3) is 5.90. The number of ketones is 1. The highest BCUT2D eigenvalue weighted by Gasteiger charge is 2.22. The van der Waals surface area contributed by atoms with Crippen LogP contribution in [0, 0.1) is 0 Å². The van der Waals surface area contributed by atoms with Gasteiger partial charge in [0.2, 0.25) is 0 Å². The average Bonchev–Trinajstić information content (AvgIpc) is 3.16. The predicted molar refractivity (Wildman–Crippen MR) is 116 cm³/mol. The molecule has 9 nitrogen and oxygen atoms in total. The van der Waals surface area contributed by atoms with Crippen molar-refractivity contribution in [3.8, 4) is 0 Å². The molecule has 30 heavy (non-hydrogen) atoms. The highest BCUT2D eigenvalue weighted by Crippen LogP contribution is 2.17. The summed E-state index contributed by atoms with van der Waals surface area (Å²) >= 11 is 5.80. The maximum atomic E-state index is 12.3. The monoisotopic (exact) mass is 429 g/mol. The molecule has 1 aromatic carbocycles. The molecule has 3 rings (SSSR count). The van der Waals surface area contributed by atoms with Crippen LogP contribution in [0.3, 0.4) is 0 Å². The van der Waals surface area contributed by atoms with Gasteiger partial charge in [-0.05, 0) is 18.4 Å². The second-order valence-electron chi connectivity index (χ2n) is 7.07. The molecule has 0 bridgehead atoms. The highest BCUT2D eigenvalue weighted by atomic mass is 35.5. The Morgan fingerprint density at radius 1 is 1.13 bits per heavy atom. The largest absolute Gasteiger partial charge is 0.382 e. The molecule has 0 saturated carbocycles. The van der Waals surface area contributed by atoms with Gasteiger partial charge in [-0.2, -0.15) is 0 Å². The van der Waals surface area contributed by atoms with E-state index in [2.05, 4.69) is 25.6 Å². The fourth-order valence-electron chi connectivity index (χ4n) is 3.13. The van der Waals surface area contributed by atoms with Gasteiger partial charge in [0.1, 0.15) is 5.78 Å². The molecule has 1 amide bonds. The van der Waals surface area contributed by atoms with E-state index < -0.39 is 5.91 Å². The van der Waals surface area contributed by atoms with Crippen LogP contribution in [-0.2, 0) is 11.2 Å². The number of aromatic nitrogens is 2. The number of halogens is 1. The maximum absolute atomic E-state index is 12.3. The number of guanidine groups is 1. The van der Waals surface area contributed by atoms with Gasteiger partial charge < -0.3 is 16.8 Å². The maximum Gasteiger partial charge on any atom is 0.280 e. The van der Waals surface area contributed by atoms with Gasteiger partial charge in [-0.1, -0.05) is 48.4 Å². The number of carbonyl (C=O) groups excluding carboxylic acids is 2. The third-order valence-corrected chi connectivity index (χ3v) is 4.94. The molecule has 1 aliphatic rings. The van der Waals surface area contributed by atoms with Crippen molar-refractivity contribution in [2.45, 2.75) is 38.1 Å². The first-order valence-corrected chi connectivity index (χ1v) is 10.1. The van der Waals surface area contributed by atoms with E-state index in [0.717, 1.165) is 24.8 Å². The molecule has 0 spiro atoms. The first-order chi connectivity index (χ1) is 14.4. The van der Waals surface area contributed by atoms with E-state index in [1.54, 1.807) is 0 Å². The quantitative estimate of drug-likeness (QED) is 0.467. The van der Waals surface area contributed by atoms with Crippen LogP contribution in [0.4, 0.5) is 11.6 Å². The van der Waals surface area contributed by atoms with E-state index in [1.165, 1.54) is 0 Å². The molecule has 2 heterocycles. The fourth-order valence-corrected chi connectivity index (χ4v) is 3.25. The first-order valence-electron chi connectivity index (χ1n) is 9.69. The van der Waals surface area contributed by atoms with Gasteiger partial charge in [-0.3, -0.25) is 19.9 Å². The number of hydrogen-bond acceptors (Lipinski definition) is 8. The second-order valence-corrected chi connectivity index (χ2v) is 7.42. The number of carbonyl (C=O) groups is 2. The number of nitrogens with two attached hydrogens (primary N) is 2. The van der Waals surface area contributed by atoms with Gasteiger partial charge in [-0.15, -0.1) is 0 Å². The number of benzene rings is 1. The SMILES string of the molecule is Nc1nc(N)c(C(=O)NC2=NC[C@@H](CCCCC(=O)Cc3ccccc3)N2)nc1Cl.